The fourth-order valence-electron chi connectivity index (χ4n) is 6.45. The van der Waals surface area contributed by atoms with Gasteiger partial charge in [-0.25, -0.2) is 5.84 Å². The number of amides is 3. The van der Waals surface area contributed by atoms with E-state index in [1.54, 1.807) is 82.6 Å². The molecule has 9 aromatic rings. The highest BCUT2D eigenvalue weighted by atomic mass is 35.5. The number of carbonyl (C=O) groups is 3. The van der Waals surface area contributed by atoms with Gasteiger partial charge in [0.2, 0.25) is 13.6 Å². The smallest absolute Gasteiger partial charge is 0.275 e. The van der Waals surface area contributed by atoms with Crippen LogP contribution >= 0.6 is 34.3 Å². The molecule has 0 saturated carbocycles. The number of halogens is 1. The van der Waals surface area contributed by atoms with Crippen molar-refractivity contribution in [2.24, 2.45) is 5.84 Å². The van der Waals surface area contributed by atoms with Gasteiger partial charge in [0.1, 0.15) is 0 Å². The van der Waals surface area contributed by atoms with Crippen molar-refractivity contribution in [2.75, 3.05) is 24.2 Å². The van der Waals surface area contributed by atoms with Crippen LogP contribution < -0.4 is 40.8 Å². The summed E-state index contributed by atoms with van der Waals surface area (Å²) in [6, 6.07) is 39.8. The Morgan fingerprint density at radius 3 is 1.76 bits per heavy atom. The first-order valence-electron chi connectivity index (χ1n) is 19.7. The van der Waals surface area contributed by atoms with Crippen molar-refractivity contribution in [1.29, 1.82) is 0 Å². The number of hydrogen-bond acceptors (Lipinski definition) is 15. The van der Waals surface area contributed by atoms with Crippen LogP contribution in [0.2, 0.25) is 5.15 Å². The van der Waals surface area contributed by atoms with Gasteiger partial charge in [-0.1, -0.05) is 48.0 Å². The molecule has 5 aromatic heterocycles. The molecule has 0 unspecified atom stereocenters. The van der Waals surface area contributed by atoms with E-state index in [0.29, 0.717) is 72.7 Å². The SMILES string of the molecule is NNC(=O)c1cccs1.O=C(Nc1cccc(-c2ccc(Cl)nn2)c1)c1ccc2c(c1)OCO2.O=C(Nc1cccc(-c2ccc3nnc(-c4cccs4)n3n2)c1)c1ccc2c(c1)OCO2. The number of nitrogens with one attached hydrogen (secondary N) is 3. The molecule has 0 radical (unpaired) electrons. The zero-order chi connectivity index (χ0) is 45.4. The van der Waals surface area contributed by atoms with E-state index in [2.05, 4.69) is 31.0 Å². The first-order chi connectivity index (χ1) is 32.3. The van der Waals surface area contributed by atoms with Crippen LogP contribution in [0.4, 0.5) is 11.4 Å². The molecule has 0 fully saturated rings. The van der Waals surface area contributed by atoms with E-state index in [4.69, 9.17) is 41.5 Å². The van der Waals surface area contributed by atoms with E-state index in [-0.39, 0.29) is 31.3 Å². The maximum Gasteiger partial charge on any atom is 0.275 e. The summed E-state index contributed by atoms with van der Waals surface area (Å²) >= 11 is 8.71. The number of nitrogens with zero attached hydrogens (tertiary/aromatic N) is 6. The Kier molecular flexibility index (Phi) is 12.8. The monoisotopic (exact) mass is 936 g/mol. The van der Waals surface area contributed by atoms with E-state index in [1.807, 2.05) is 82.9 Å². The Balaban J connectivity index is 0.000000143. The highest BCUT2D eigenvalue weighted by Crippen LogP contribution is 2.34. The van der Waals surface area contributed by atoms with E-state index < -0.39 is 0 Å². The normalized spacial score (nSPS) is 11.7. The maximum absolute atomic E-state index is 12.7. The van der Waals surface area contributed by atoms with Gasteiger partial charge in [-0.05, 0) is 108 Å². The molecule has 4 aromatic carbocycles. The molecule has 20 heteroatoms. The van der Waals surface area contributed by atoms with Gasteiger partial charge in [-0.2, -0.15) is 9.61 Å². The predicted molar refractivity (Wildman–Crippen MR) is 249 cm³/mol. The summed E-state index contributed by atoms with van der Waals surface area (Å²) in [5.41, 5.74) is 8.10. The minimum absolute atomic E-state index is 0.167. The molecule has 11 rings (SSSR count). The molecule has 0 spiro atoms. The van der Waals surface area contributed by atoms with Gasteiger partial charge in [-0.3, -0.25) is 19.8 Å². The third-order valence-electron chi connectivity index (χ3n) is 9.61. The lowest BCUT2D eigenvalue weighted by atomic mass is 10.1. The molecule has 0 bridgehead atoms. The summed E-state index contributed by atoms with van der Waals surface area (Å²) in [5.74, 6) is 7.28. The molecule has 0 atom stereocenters. The van der Waals surface area contributed by atoms with E-state index in [0.717, 1.165) is 21.7 Å². The van der Waals surface area contributed by atoms with Crippen LogP contribution in [-0.4, -0.2) is 61.3 Å². The molecule has 17 nitrogen and oxygen atoms in total. The molecule has 328 valence electrons. The average molecular weight is 937 g/mol. The Labute approximate surface area is 387 Å². The molecular formula is C46H33ClN10O7S2. The lowest BCUT2D eigenvalue weighted by molar-refractivity contribution is 0.0956. The quantitative estimate of drug-likeness (QED) is 0.0638. The summed E-state index contributed by atoms with van der Waals surface area (Å²) in [5, 5.41) is 31.0. The number of hydrazine groups is 1. The van der Waals surface area contributed by atoms with Gasteiger partial charge in [0.25, 0.3) is 17.7 Å². The average Bonchev–Trinajstić information content (AvgIpc) is 4.22. The topological polar surface area (TPSA) is 219 Å². The van der Waals surface area contributed by atoms with Crippen molar-refractivity contribution in [3.05, 3.63) is 165 Å². The van der Waals surface area contributed by atoms with Crippen LogP contribution in [0.25, 0.3) is 38.9 Å². The second kappa shape index (κ2) is 19.7. The van der Waals surface area contributed by atoms with E-state index in [1.165, 1.54) is 11.3 Å². The lowest BCUT2D eigenvalue weighted by Crippen LogP contribution is -2.29. The number of ether oxygens (including phenoxy) is 4. The molecule has 2 aliphatic heterocycles. The van der Waals surface area contributed by atoms with Crippen LogP contribution in [0.1, 0.15) is 30.4 Å². The van der Waals surface area contributed by atoms with Crippen LogP contribution in [0.15, 0.2) is 144 Å². The van der Waals surface area contributed by atoms with Crippen molar-refractivity contribution in [1.82, 2.24) is 35.4 Å². The van der Waals surface area contributed by atoms with Crippen LogP contribution in [-0.2, 0) is 0 Å². The number of nitrogens with two attached hydrogens (primary N) is 1. The Hall–Kier alpha value is -8.23. The summed E-state index contributed by atoms with van der Waals surface area (Å²) in [6.07, 6.45) is 0. The van der Waals surface area contributed by atoms with Crippen LogP contribution in [0, 0.1) is 0 Å². The van der Waals surface area contributed by atoms with Crippen LogP contribution in [0.5, 0.6) is 23.0 Å². The van der Waals surface area contributed by atoms with Crippen molar-refractivity contribution in [2.45, 2.75) is 0 Å². The second-order valence-corrected chi connectivity index (χ2v) is 16.2. The molecule has 0 saturated heterocycles. The summed E-state index contributed by atoms with van der Waals surface area (Å²) in [7, 11) is 0. The number of benzene rings is 4. The fraction of sp³-hybridized carbons (Fsp3) is 0.0435. The van der Waals surface area contributed by atoms with Gasteiger partial charge < -0.3 is 29.6 Å². The molecule has 5 N–H and O–H groups in total. The van der Waals surface area contributed by atoms with Crippen molar-refractivity contribution < 1.29 is 33.3 Å². The van der Waals surface area contributed by atoms with E-state index in [9.17, 15) is 14.4 Å². The predicted octanol–water partition coefficient (Wildman–Crippen LogP) is 8.63. The third kappa shape index (κ3) is 9.93. The Morgan fingerprint density at radius 1 is 0.576 bits per heavy atom. The number of carbonyl (C=O) groups excluding carboxylic acids is 3. The van der Waals surface area contributed by atoms with Gasteiger partial charge in [0, 0.05) is 33.6 Å². The zero-order valence-electron chi connectivity index (χ0n) is 34.1. The number of nitrogen functional groups attached to an aromatic ring is 1. The van der Waals surface area contributed by atoms with Crippen molar-refractivity contribution in [3.63, 3.8) is 0 Å². The molecule has 0 aliphatic carbocycles. The standard InChI is InChI=1S/C23H15N5O3S.C18H12ClN3O3.C5H6N2OS/c29-23(15-6-8-18-19(12-15)31-13-30-18)24-16-4-1-3-14(11-16)17-7-9-21-25-26-22(28(21)27-17)20-5-2-10-32-20;19-17-7-5-14(21-22-17)11-2-1-3-13(8-11)20-18(23)12-4-6-15-16(9-12)25-10-24-15;6-7-5(8)4-2-1-3-9-4/h1-12H,13H2,(H,24,29);1-9H,10H2,(H,20,23);1-3H,6H2,(H,7,8). The summed E-state index contributed by atoms with van der Waals surface area (Å²) in [4.78, 5) is 37.5. The van der Waals surface area contributed by atoms with Gasteiger partial charge in [0.15, 0.2) is 39.6 Å². The molecule has 66 heavy (non-hydrogen) atoms. The maximum atomic E-state index is 12.7. The summed E-state index contributed by atoms with van der Waals surface area (Å²) < 4.78 is 22.9. The second-order valence-electron chi connectivity index (χ2n) is 13.9. The number of fused-ring (bicyclic) bond motifs is 3. The molecule has 7 heterocycles. The van der Waals surface area contributed by atoms with Crippen molar-refractivity contribution >= 4 is 69.0 Å². The first kappa shape index (κ1) is 43.0. The van der Waals surface area contributed by atoms with Gasteiger partial charge in [-0.15, -0.1) is 43.1 Å². The van der Waals surface area contributed by atoms with E-state index >= 15 is 0 Å². The fourth-order valence-corrected chi connectivity index (χ4v) is 7.87. The number of hydrogen-bond donors (Lipinski definition) is 4. The Bertz CT molecular complexity index is 3190. The number of aromatic nitrogens is 6. The zero-order valence-corrected chi connectivity index (χ0v) is 36.5. The number of thiophene rings is 2. The van der Waals surface area contributed by atoms with Crippen LogP contribution in [0.3, 0.4) is 0 Å². The first-order valence-corrected chi connectivity index (χ1v) is 21.8. The minimum atomic E-state index is -0.238. The van der Waals surface area contributed by atoms with Crippen molar-refractivity contribution in [3.8, 4) is 56.2 Å². The minimum Gasteiger partial charge on any atom is -0.454 e. The molecule has 2 aliphatic rings. The van der Waals surface area contributed by atoms with Gasteiger partial charge in [0.05, 0.1) is 21.1 Å². The number of rotatable bonds is 8. The number of anilines is 2. The molecule has 3 amide bonds. The summed E-state index contributed by atoms with van der Waals surface area (Å²) in [6.45, 7) is 0.338. The third-order valence-corrected chi connectivity index (χ3v) is 11.6. The molecular weight excluding hydrogens is 904 g/mol. The lowest BCUT2D eigenvalue weighted by Gasteiger charge is -2.08. The highest BCUT2D eigenvalue weighted by molar-refractivity contribution is 7.13. The van der Waals surface area contributed by atoms with Gasteiger partial charge >= 0.3 is 0 Å². The Morgan fingerprint density at radius 2 is 1.18 bits per heavy atom. The highest BCUT2D eigenvalue weighted by Gasteiger charge is 2.19. The largest absolute Gasteiger partial charge is 0.454 e.